The number of aliphatic carboxylic acids is 1. The lowest BCUT2D eigenvalue weighted by Gasteiger charge is -2.40. The molecule has 0 unspecified atom stereocenters. The highest BCUT2D eigenvalue weighted by Crippen LogP contribution is 2.37. The van der Waals surface area contributed by atoms with Crippen molar-refractivity contribution in [3.8, 4) is 0 Å². The molecule has 0 spiro atoms. The van der Waals surface area contributed by atoms with E-state index in [1.165, 1.54) is 4.90 Å². The number of amides is 3. The number of piperidine rings is 1. The van der Waals surface area contributed by atoms with Crippen molar-refractivity contribution in [2.24, 2.45) is 5.41 Å². The molecule has 0 atom stereocenters. The molecule has 2 aromatic rings. The summed E-state index contributed by atoms with van der Waals surface area (Å²) in [6, 6.07) is 18.2. The van der Waals surface area contributed by atoms with Gasteiger partial charge in [0.2, 0.25) is 5.91 Å². The van der Waals surface area contributed by atoms with Crippen molar-refractivity contribution in [3.05, 3.63) is 97.2 Å². The number of anilines is 2. The van der Waals surface area contributed by atoms with E-state index in [9.17, 15) is 19.5 Å². The maximum Gasteiger partial charge on any atom is 0.324 e. The lowest BCUT2D eigenvalue weighted by molar-refractivity contribution is -0.154. The first-order valence-corrected chi connectivity index (χ1v) is 12.0. The van der Waals surface area contributed by atoms with Crippen molar-refractivity contribution in [3.63, 3.8) is 0 Å². The van der Waals surface area contributed by atoms with Gasteiger partial charge in [0.15, 0.2) is 0 Å². The third-order valence-corrected chi connectivity index (χ3v) is 6.51. The number of nitrogens with zero attached hydrogens (tertiary/aromatic N) is 3. The summed E-state index contributed by atoms with van der Waals surface area (Å²) < 4.78 is 0. The van der Waals surface area contributed by atoms with Crippen molar-refractivity contribution in [1.29, 1.82) is 0 Å². The Morgan fingerprint density at radius 1 is 0.972 bits per heavy atom. The average molecular weight is 488 g/mol. The van der Waals surface area contributed by atoms with Gasteiger partial charge in [0.25, 0.3) is 0 Å². The summed E-state index contributed by atoms with van der Waals surface area (Å²) in [4.78, 5) is 43.7. The summed E-state index contributed by atoms with van der Waals surface area (Å²) >= 11 is 0. The van der Waals surface area contributed by atoms with Crippen molar-refractivity contribution in [2.75, 3.05) is 29.9 Å². The number of para-hydroxylation sites is 2. The minimum Gasteiger partial charge on any atom is -0.481 e. The van der Waals surface area contributed by atoms with Crippen LogP contribution in [-0.2, 0) is 9.59 Å². The molecule has 2 aromatic carbocycles. The SMILES string of the molecule is C=C(/C=C\C=C/C)N(C(=O)CC1(C(=O)O)CCN(C(=O)N(C)c2ccccc2)CC1)c1ccccc1. The summed E-state index contributed by atoms with van der Waals surface area (Å²) in [5.74, 6) is -1.37. The Bertz CT molecular complexity index is 1130. The van der Waals surface area contributed by atoms with Gasteiger partial charge in [0, 0.05) is 43.6 Å². The quantitative estimate of drug-likeness (QED) is 0.500. The molecule has 0 bridgehead atoms. The number of carbonyl (C=O) groups excluding carboxylic acids is 2. The molecule has 7 nitrogen and oxygen atoms in total. The second kappa shape index (κ2) is 12.0. The van der Waals surface area contributed by atoms with Gasteiger partial charge in [-0.15, -0.1) is 0 Å². The number of hydrogen-bond acceptors (Lipinski definition) is 3. The number of carbonyl (C=O) groups is 3. The predicted molar refractivity (Wildman–Crippen MR) is 143 cm³/mol. The molecule has 1 aliphatic rings. The Morgan fingerprint density at radius 2 is 1.53 bits per heavy atom. The van der Waals surface area contributed by atoms with Crippen LogP contribution in [0.1, 0.15) is 26.2 Å². The fourth-order valence-corrected chi connectivity index (χ4v) is 4.33. The Balaban J connectivity index is 1.77. The zero-order valence-electron chi connectivity index (χ0n) is 20.8. The summed E-state index contributed by atoms with van der Waals surface area (Å²) in [6.45, 7) is 6.44. The van der Waals surface area contributed by atoms with E-state index in [0.29, 0.717) is 11.4 Å². The maximum absolute atomic E-state index is 13.6. The van der Waals surface area contributed by atoms with Crippen LogP contribution in [0.5, 0.6) is 0 Å². The largest absolute Gasteiger partial charge is 0.481 e. The van der Waals surface area contributed by atoms with E-state index in [-0.39, 0.29) is 44.3 Å². The van der Waals surface area contributed by atoms with Crippen LogP contribution in [0.4, 0.5) is 16.2 Å². The summed E-state index contributed by atoms with van der Waals surface area (Å²) in [5, 5.41) is 10.2. The molecule has 0 saturated carbocycles. The molecular weight excluding hydrogens is 454 g/mol. The number of benzene rings is 2. The van der Waals surface area contributed by atoms with Crippen LogP contribution in [0, 0.1) is 5.41 Å². The topological polar surface area (TPSA) is 81.2 Å². The Labute approximate surface area is 212 Å². The van der Waals surface area contributed by atoms with Gasteiger partial charge >= 0.3 is 12.0 Å². The molecule has 7 heteroatoms. The molecule has 0 aromatic heterocycles. The molecule has 36 heavy (non-hydrogen) atoms. The molecule has 1 N–H and O–H groups in total. The summed E-state index contributed by atoms with van der Waals surface area (Å²) in [5.41, 5.74) is 0.562. The molecule has 188 valence electrons. The lowest BCUT2D eigenvalue weighted by atomic mass is 9.75. The number of carboxylic acids is 1. The Kier molecular flexibility index (Phi) is 8.84. The number of likely N-dealkylation sites (tertiary alicyclic amines) is 1. The molecule has 3 amide bonds. The molecule has 0 radical (unpaired) electrons. The van der Waals surface area contributed by atoms with Crippen LogP contribution in [0.2, 0.25) is 0 Å². The van der Waals surface area contributed by atoms with Gasteiger partial charge in [-0.1, -0.05) is 61.2 Å². The van der Waals surface area contributed by atoms with E-state index >= 15 is 0 Å². The van der Waals surface area contributed by atoms with Crippen molar-refractivity contribution >= 4 is 29.3 Å². The number of carboxylic acid groups (broad SMARTS) is 1. The highest BCUT2D eigenvalue weighted by atomic mass is 16.4. The highest BCUT2D eigenvalue weighted by molar-refractivity contribution is 5.99. The number of hydrogen-bond donors (Lipinski definition) is 1. The predicted octanol–water partition coefficient (Wildman–Crippen LogP) is 5.48. The van der Waals surface area contributed by atoms with Gasteiger partial charge in [-0.05, 0) is 50.1 Å². The fourth-order valence-electron chi connectivity index (χ4n) is 4.33. The third kappa shape index (κ3) is 6.10. The molecule has 1 heterocycles. The summed E-state index contributed by atoms with van der Waals surface area (Å²) in [6.07, 6.45) is 7.38. The number of allylic oxidation sites excluding steroid dienone is 4. The van der Waals surface area contributed by atoms with E-state index in [1.54, 1.807) is 41.1 Å². The van der Waals surface area contributed by atoms with Crippen LogP contribution in [0.15, 0.2) is 97.2 Å². The molecular formula is C29H33N3O4. The molecule has 1 fully saturated rings. The van der Waals surface area contributed by atoms with Gasteiger partial charge in [-0.2, -0.15) is 0 Å². The Morgan fingerprint density at radius 3 is 2.06 bits per heavy atom. The van der Waals surface area contributed by atoms with Crippen LogP contribution in [0.25, 0.3) is 0 Å². The monoisotopic (exact) mass is 487 g/mol. The first-order valence-electron chi connectivity index (χ1n) is 12.0. The first-order chi connectivity index (χ1) is 17.3. The van der Waals surface area contributed by atoms with E-state index in [1.807, 2.05) is 67.6 Å². The standard InChI is InChI=1S/C29H33N3O4/c1-4-5-8-13-23(2)32(25-16-11-7-12-17-25)26(33)22-29(27(34)35)18-20-31(21-19-29)28(36)30(3)24-14-9-6-10-15-24/h4-17H,2,18-22H2,1,3H3,(H,34,35)/b5-4-,13-8-. The van der Waals surface area contributed by atoms with Crippen molar-refractivity contribution in [2.45, 2.75) is 26.2 Å². The maximum atomic E-state index is 13.6. The second-order valence-corrected chi connectivity index (χ2v) is 8.87. The van der Waals surface area contributed by atoms with E-state index in [0.717, 1.165) is 5.69 Å². The highest BCUT2D eigenvalue weighted by Gasteiger charge is 2.45. The van der Waals surface area contributed by atoms with Gasteiger partial charge in [-0.25, -0.2) is 4.79 Å². The number of urea groups is 1. The van der Waals surface area contributed by atoms with Crippen molar-refractivity contribution < 1.29 is 19.5 Å². The van der Waals surface area contributed by atoms with Crippen LogP contribution >= 0.6 is 0 Å². The van der Waals surface area contributed by atoms with Crippen LogP contribution in [-0.4, -0.2) is 48.1 Å². The van der Waals surface area contributed by atoms with Gasteiger partial charge in [0.05, 0.1) is 5.41 Å². The minimum atomic E-state index is -1.26. The first kappa shape index (κ1) is 26.5. The van der Waals surface area contributed by atoms with Gasteiger partial charge in [0.1, 0.15) is 0 Å². The second-order valence-electron chi connectivity index (χ2n) is 8.87. The summed E-state index contributed by atoms with van der Waals surface area (Å²) in [7, 11) is 1.70. The zero-order chi connectivity index (χ0) is 26.1. The van der Waals surface area contributed by atoms with Gasteiger partial charge < -0.3 is 10.0 Å². The smallest absolute Gasteiger partial charge is 0.324 e. The fraction of sp³-hybridized carbons (Fsp3) is 0.276. The van der Waals surface area contributed by atoms with E-state index < -0.39 is 11.4 Å². The van der Waals surface area contributed by atoms with E-state index in [2.05, 4.69) is 6.58 Å². The zero-order valence-corrected chi connectivity index (χ0v) is 20.8. The number of rotatable bonds is 8. The average Bonchev–Trinajstić information content (AvgIpc) is 2.89. The molecule has 1 aliphatic heterocycles. The van der Waals surface area contributed by atoms with Gasteiger partial charge in [-0.3, -0.25) is 19.4 Å². The Hall–Kier alpha value is -4.13. The van der Waals surface area contributed by atoms with Crippen LogP contribution in [0.3, 0.4) is 0 Å². The van der Waals surface area contributed by atoms with E-state index in [4.69, 9.17) is 0 Å². The molecule has 0 aliphatic carbocycles. The molecule has 3 rings (SSSR count). The molecule has 1 saturated heterocycles. The van der Waals surface area contributed by atoms with Crippen molar-refractivity contribution in [1.82, 2.24) is 4.90 Å². The minimum absolute atomic E-state index is 0.186. The lowest BCUT2D eigenvalue weighted by Crippen LogP contribution is -2.51. The normalized spacial score (nSPS) is 15.1. The van der Waals surface area contributed by atoms with Crippen LogP contribution < -0.4 is 9.80 Å². The third-order valence-electron chi connectivity index (χ3n) is 6.51.